The first-order valence-electron chi connectivity index (χ1n) is 5.93. The molecular formula is C12H14N2O2S2. The van der Waals surface area contributed by atoms with Crippen molar-refractivity contribution in [3.05, 3.63) is 23.7 Å². The average molecular weight is 282 g/mol. The third-order valence-electron chi connectivity index (χ3n) is 3.28. The number of anilines is 1. The van der Waals surface area contributed by atoms with Gasteiger partial charge in [0.25, 0.3) is 0 Å². The van der Waals surface area contributed by atoms with E-state index in [1.807, 2.05) is 11.4 Å². The minimum Gasteiger partial charge on any atom is -0.367 e. The quantitative estimate of drug-likeness (QED) is 0.918. The van der Waals surface area contributed by atoms with Crippen LogP contribution in [0.1, 0.15) is 12.8 Å². The fourth-order valence-corrected chi connectivity index (χ4v) is 4.51. The maximum absolute atomic E-state index is 11.4. The predicted molar refractivity (Wildman–Crippen MR) is 74.9 cm³/mol. The highest BCUT2D eigenvalue weighted by molar-refractivity contribution is 7.91. The summed E-state index contributed by atoms with van der Waals surface area (Å²) in [5.41, 5.74) is 0. The van der Waals surface area contributed by atoms with Gasteiger partial charge in [0.05, 0.1) is 11.5 Å². The van der Waals surface area contributed by atoms with Crippen molar-refractivity contribution in [2.75, 3.05) is 16.8 Å². The Morgan fingerprint density at radius 1 is 1.28 bits per heavy atom. The zero-order valence-electron chi connectivity index (χ0n) is 9.80. The van der Waals surface area contributed by atoms with Crippen LogP contribution in [-0.4, -0.2) is 30.9 Å². The fourth-order valence-electron chi connectivity index (χ4n) is 2.24. The van der Waals surface area contributed by atoms with Gasteiger partial charge in [-0.25, -0.2) is 13.4 Å². The van der Waals surface area contributed by atoms with E-state index in [-0.39, 0.29) is 17.5 Å². The Morgan fingerprint density at radius 2 is 2.06 bits per heavy atom. The molecule has 6 heteroatoms. The van der Waals surface area contributed by atoms with Crippen LogP contribution < -0.4 is 5.32 Å². The first-order chi connectivity index (χ1) is 8.64. The van der Waals surface area contributed by atoms with Gasteiger partial charge in [-0.05, 0) is 30.4 Å². The van der Waals surface area contributed by atoms with Gasteiger partial charge < -0.3 is 5.32 Å². The normalized spacial score (nSPS) is 20.0. The van der Waals surface area contributed by atoms with Crippen LogP contribution in [0.2, 0.25) is 0 Å². The summed E-state index contributed by atoms with van der Waals surface area (Å²) in [6.07, 6.45) is 3.13. The van der Waals surface area contributed by atoms with E-state index >= 15 is 0 Å². The van der Waals surface area contributed by atoms with E-state index in [1.165, 1.54) is 4.70 Å². The number of fused-ring (bicyclic) bond motifs is 1. The molecule has 3 rings (SSSR count). The average Bonchev–Trinajstić information content (AvgIpc) is 2.81. The van der Waals surface area contributed by atoms with Gasteiger partial charge in [-0.2, -0.15) is 0 Å². The Balaban J connectivity index is 1.79. The SMILES string of the molecule is O=S1(=O)CCC(Nc2nccc3sccc23)CC1. The van der Waals surface area contributed by atoms with Crippen LogP contribution in [0.3, 0.4) is 0 Å². The predicted octanol–water partition coefficient (Wildman–Crippen LogP) is 2.29. The lowest BCUT2D eigenvalue weighted by atomic mass is 10.1. The largest absolute Gasteiger partial charge is 0.367 e. The van der Waals surface area contributed by atoms with Crippen molar-refractivity contribution in [2.45, 2.75) is 18.9 Å². The van der Waals surface area contributed by atoms with Crippen molar-refractivity contribution in [2.24, 2.45) is 0 Å². The van der Waals surface area contributed by atoms with Crippen LogP contribution in [0.25, 0.3) is 10.1 Å². The molecule has 0 saturated carbocycles. The van der Waals surface area contributed by atoms with Gasteiger partial charge in [0.1, 0.15) is 15.7 Å². The van der Waals surface area contributed by atoms with Crippen LogP contribution in [0, 0.1) is 0 Å². The van der Waals surface area contributed by atoms with Crippen LogP contribution in [0.4, 0.5) is 5.82 Å². The summed E-state index contributed by atoms with van der Waals surface area (Å²) in [5, 5.41) is 6.54. The molecule has 1 fully saturated rings. The number of rotatable bonds is 2. The smallest absolute Gasteiger partial charge is 0.150 e. The molecular weight excluding hydrogens is 268 g/mol. The number of pyridine rings is 1. The van der Waals surface area contributed by atoms with E-state index in [0.29, 0.717) is 12.8 Å². The molecule has 96 valence electrons. The number of nitrogens with one attached hydrogen (secondary N) is 1. The zero-order valence-corrected chi connectivity index (χ0v) is 11.4. The van der Waals surface area contributed by atoms with Crippen molar-refractivity contribution >= 4 is 37.1 Å². The monoisotopic (exact) mass is 282 g/mol. The number of aromatic nitrogens is 1. The van der Waals surface area contributed by atoms with Gasteiger partial charge in [0, 0.05) is 22.3 Å². The standard InChI is InChI=1S/C12H14N2O2S2/c15-18(16)7-3-9(4-8-18)14-12-10-2-6-17-11(10)1-5-13-12/h1-2,5-6,9H,3-4,7-8H2,(H,13,14). The van der Waals surface area contributed by atoms with Crippen LogP contribution in [0.5, 0.6) is 0 Å². The Kier molecular flexibility index (Phi) is 2.99. The minimum atomic E-state index is -2.80. The molecule has 1 aliphatic rings. The van der Waals surface area contributed by atoms with Gasteiger partial charge in [-0.3, -0.25) is 0 Å². The molecule has 18 heavy (non-hydrogen) atoms. The molecule has 2 aromatic rings. The first-order valence-corrected chi connectivity index (χ1v) is 8.63. The third-order valence-corrected chi connectivity index (χ3v) is 5.87. The zero-order chi connectivity index (χ0) is 12.6. The summed E-state index contributed by atoms with van der Waals surface area (Å²) in [7, 11) is -2.80. The molecule has 2 aromatic heterocycles. The Hall–Kier alpha value is -1.14. The van der Waals surface area contributed by atoms with Gasteiger partial charge in [0.2, 0.25) is 0 Å². The lowest BCUT2D eigenvalue weighted by Gasteiger charge is -2.23. The van der Waals surface area contributed by atoms with Gasteiger partial charge in [-0.15, -0.1) is 11.3 Å². The number of hydrogen-bond donors (Lipinski definition) is 1. The fraction of sp³-hybridized carbons (Fsp3) is 0.417. The molecule has 0 spiro atoms. The second-order valence-corrected chi connectivity index (χ2v) is 7.81. The van der Waals surface area contributed by atoms with E-state index in [9.17, 15) is 8.42 Å². The van der Waals surface area contributed by atoms with E-state index < -0.39 is 9.84 Å². The molecule has 0 radical (unpaired) electrons. The highest BCUT2D eigenvalue weighted by Gasteiger charge is 2.23. The Morgan fingerprint density at radius 3 is 2.83 bits per heavy atom. The second kappa shape index (κ2) is 4.51. The number of nitrogens with zero attached hydrogens (tertiary/aromatic N) is 1. The van der Waals surface area contributed by atoms with Crippen molar-refractivity contribution in [3.8, 4) is 0 Å². The lowest BCUT2D eigenvalue weighted by molar-refractivity contribution is 0.559. The summed E-state index contributed by atoms with van der Waals surface area (Å²) < 4.78 is 24.0. The molecule has 0 aliphatic carbocycles. The molecule has 0 atom stereocenters. The van der Waals surface area contributed by atoms with E-state index in [2.05, 4.69) is 16.4 Å². The Bertz CT molecular complexity index is 650. The second-order valence-electron chi connectivity index (χ2n) is 4.56. The molecule has 3 heterocycles. The van der Waals surface area contributed by atoms with Crippen molar-refractivity contribution in [1.29, 1.82) is 0 Å². The summed E-state index contributed by atoms with van der Waals surface area (Å²) in [6.45, 7) is 0. The van der Waals surface area contributed by atoms with Gasteiger partial charge in [0.15, 0.2) is 0 Å². The van der Waals surface area contributed by atoms with Crippen LogP contribution in [-0.2, 0) is 9.84 Å². The topological polar surface area (TPSA) is 59.1 Å². The molecule has 0 unspecified atom stereocenters. The molecule has 4 nitrogen and oxygen atoms in total. The van der Waals surface area contributed by atoms with E-state index in [1.54, 1.807) is 17.5 Å². The Labute approximate surface area is 110 Å². The summed E-state index contributed by atoms with van der Waals surface area (Å²) >= 11 is 1.69. The van der Waals surface area contributed by atoms with Crippen molar-refractivity contribution < 1.29 is 8.42 Å². The highest BCUT2D eigenvalue weighted by atomic mass is 32.2. The number of sulfone groups is 1. The van der Waals surface area contributed by atoms with Gasteiger partial charge in [-0.1, -0.05) is 0 Å². The van der Waals surface area contributed by atoms with Crippen molar-refractivity contribution in [3.63, 3.8) is 0 Å². The molecule has 1 saturated heterocycles. The number of hydrogen-bond acceptors (Lipinski definition) is 5. The summed E-state index contributed by atoms with van der Waals surface area (Å²) in [5.74, 6) is 1.44. The lowest BCUT2D eigenvalue weighted by Crippen LogP contribution is -2.32. The third kappa shape index (κ3) is 2.35. The number of thiophene rings is 1. The molecule has 0 aromatic carbocycles. The molecule has 1 aliphatic heterocycles. The summed E-state index contributed by atoms with van der Waals surface area (Å²) in [4.78, 5) is 4.36. The molecule has 1 N–H and O–H groups in total. The van der Waals surface area contributed by atoms with Crippen LogP contribution in [0.15, 0.2) is 23.7 Å². The maximum atomic E-state index is 11.4. The van der Waals surface area contributed by atoms with E-state index in [0.717, 1.165) is 11.2 Å². The van der Waals surface area contributed by atoms with Crippen molar-refractivity contribution in [1.82, 2.24) is 4.98 Å². The molecule has 0 bridgehead atoms. The maximum Gasteiger partial charge on any atom is 0.150 e. The molecule has 0 amide bonds. The summed E-state index contributed by atoms with van der Waals surface area (Å²) in [6, 6.07) is 4.26. The highest BCUT2D eigenvalue weighted by Crippen LogP contribution is 2.27. The van der Waals surface area contributed by atoms with Gasteiger partial charge >= 0.3 is 0 Å². The van der Waals surface area contributed by atoms with E-state index in [4.69, 9.17) is 0 Å². The minimum absolute atomic E-state index is 0.214. The van der Waals surface area contributed by atoms with Crippen LogP contribution >= 0.6 is 11.3 Å². The first kappa shape index (κ1) is 11.9.